The minimum absolute atomic E-state index is 0.229. The molecule has 19 heavy (non-hydrogen) atoms. The number of nitrogens with one attached hydrogen (secondary N) is 2. The van der Waals surface area contributed by atoms with Crippen molar-refractivity contribution in [1.29, 1.82) is 0 Å². The van der Waals surface area contributed by atoms with Gasteiger partial charge < -0.3 is 5.73 Å². The summed E-state index contributed by atoms with van der Waals surface area (Å²) in [5, 5.41) is 0. The molecule has 1 aromatic carbocycles. The lowest BCUT2D eigenvalue weighted by atomic mass is 10.2. The van der Waals surface area contributed by atoms with Crippen LogP contribution in [0.3, 0.4) is 0 Å². The minimum atomic E-state index is -3.58. The predicted octanol–water partition coefficient (Wildman–Crippen LogP) is 0.899. The Bertz CT molecular complexity index is 571. The van der Waals surface area contributed by atoms with E-state index in [0.717, 1.165) is 0 Å². The average Bonchev–Trinajstić information content (AvgIpc) is 2.35. The van der Waals surface area contributed by atoms with Crippen molar-refractivity contribution in [3.05, 3.63) is 29.8 Å². The molecule has 0 bridgehead atoms. The van der Waals surface area contributed by atoms with Crippen molar-refractivity contribution in [2.45, 2.75) is 13.8 Å². The van der Waals surface area contributed by atoms with Crippen molar-refractivity contribution in [2.75, 3.05) is 17.8 Å². The maximum Gasteiger partial charge on any atom is 0.299 e. The second-order valence-electron chi connectivity index (χ2n) is 4.40. The molecule has 0 saturated heterocycles. The van der Waals surface area contributed by atoms with E-state index in [1.54, 1.807) is 24.3 Å². The quantitative estimate of drug-likeness (QED) is 0.701. The molecule has 4 N–H and O–H groups in total. The van der Waals surface area contributed by atoms with Gasteiger partial charge in [0.2, 0.25) is 0 Å². The van der Waals surface area contributed by atoms with Crippen molar-refractivity contribution in [2.24, 2.45) is 11.7 Å². The minimum Gasteiger partial charge on any atom is -0.320 e. The lowest BCUT2D eigenvalue weighted by Gasteiger charge is -2.12. The maximum atomic E-state index is 11.8. The Balaban J connectivity index is 2.87. The molecule has 0 aliphatic carbocycles. The molecule has 0 unspecified atom stereocenters. The molecule has 6 heteroatoms. The molecule has 0 heterocycles. The van der Waals surface area contributed by atoms with Crippen LogP contribution in [0.5, 0.6) is 0 Å². The van der Waals surface area contributed by atoms with E-state index in [0.29, 0.717) is 17.8 Å². The summed E-state index contributed by atoms with van der Waals surface area (Å²) in [5.74, 6) is 5.77. The molecule has 0 aromatic heterocycles. The number of anilines is 1. The van der Waals surface area contributed by atoms with E-state index < -0.39 is 10.2 Å². The molecule has 0 aliphatic heterocycles. The molecular formula is C13H19N3O2S. The Morgan fingerprint density at radius 3 is 2.63 bits per heavy atom. The number of rotatable bonds is 5. The fourth-order valence-electron chi connectivity index (χ4n) is 1.28. The van der Waals surface area contributed by atoms with Gasteiger partial charge in [0.15, 0.2) is 0 Å². The van der Waals surface area contributed by atoms with Gasteiger partial charge >= 0.3 is 0 Å². The van der Waals surface area contributed by atoms with E-state index in [1.807, 2.05) is 13.8 Å². The number of hydrogen-bond donors (Lipinski definition) is 3. The van der Waals surface area contributed by atoms with Crippen LogP contribution >= 0.6 is 0 Å². The van der Waals surface area contributed by atoms with E-state index in [2.05, 4.69) is 21.3 Å². The first kappa shape index (κ1) is 15.5. The second-order valence-corrected chi connectivity index (χ2v) is 5.90. The largest absolute Gasteiger partial charge is 0.320 e. The van der Waals surface area contributed by atoms with Crippen molar-refractivity contribution >= 4 is 15.9 Å². The van der Waals surface area contributed by atoms with Crippen LogP contribution in [0.25, 0.3) is 0 Å². The number of benzene rings is 1. The standard InChI is InChI=1S/C13H19N3O2S/c1-11(2)10-15-19(17,18)16-13-8-4-3-6-12(13)7-5-9-14/h3-4,6,8,11,15-16H,9-10,14H2,1-2H3. The lowest BCUT2D eigenvalue weighted by molar-refractivity contribution is 0.565. The Morgan fingerprint density at radius 2 is 2.00 bits per heavy atom. The Labute approximate surface area is 114 Å². The van der Waals surface area contributed by atoms with Gasteiger partial charge in [0.05, 0.1) is 12.2 Å². The molecule has 0 radical (unpaired) electrons. The monoisotopic (exact) mass is 281 g/mol. The van der Waals surface area contributed by atoms with Gasteiger partial charge in [-0.15, -0.1) is 0 Å². The zero-order chi connectivity index (χ0) is 14.3. The predicted molar refractivity (Wildman–Crippen MR) is 77.8 cm³/mol. The van der Waals surface area contributed by atoms with Gasteiger partial charge in [0.25, 0.3) is 10.2 Å². The van der Waals surface area contributed by atoms with E-state index >= 15 is 0 Å². The summed E-state index contributed by atoms with van der Waals surface area (Å²) in [6, 6.07) is 6.94. The molecule has 0 amide bonds. The lowest BCUT2D eigenvalue weighted by Crippen LogP contribution is -2.33. The van der Waals surface area contributed by atoms with Crippen LogP contribution in [0.15, 0.2) is 24.3 Å². The SMILES string of the molecule is CC(C)CNS(=O)(=O)Nc1ccccc1C#CCN. The normalized spacial score (nSPS) is 10.9. The molecule has 0 spiro atoms. The summed E-state index contributed by atoms with van der Waals surface area (Å²) < 4.78 is 28.6. The van der Waals surface area contributed by atoms with Crippen LogP contribution in [-0.4, -0.2) is 21.5 Å². The zero-order valence-corrected chi connectivity index (χ0v) is 11.9. The van der Waals surface area contributed by atoms with Gasteiger partial charge in [-0.3, -0.25) is 4.72 Å². The van der Waals surface area contributed by atoms with Crippen molar-refractivity contribution < 1.29 is 8.42 Å². The first-order valence-electron chi connectivity index (χ1n) is 6.00. The summed E-state index contributed by atoms with van der Waals surface area (Å²) in [5.41, 5.74) is 6.35. The highest BCUT2D eigenvalue weighted by atomic mass is 32.2. The highest BCUT2D eigenvalue weighted by Gasteiger charge is 2.11. The molecule has 0 aliphatic rings. The first-order chi connectivity index (χ1) is 8.94. The summed E-state index contributed by atoms with van der Waals surface area (Å²) in [4.78, 5) is 0. The number of nitrogens with two attached hydrogens (primary N) is 1. The van der Waals surface area contributed by atoms with Gasteiger partial charge in [0, 0.05) is 12.1 Å². The second kappa shape index (κ2) is 7.14. The summed E-state index contributed by atoms with van der Waals surface area (Å²) >= 11 is 0. The molecule has 1 rings (SSSR count). The van der Waals surface area contributed by atoms with E-state index in [4.69, 9.17) is 5.73 Å². The van der Waals surface area contributed by atoms with Crippen molar-refractivity contribution in [1.82, 2.24) is 4.72 Å². The Hall–Kier alpha value is -1.55. The maximum absolute atomic E-state index is 11.8. The topological polar surface area (TPSA) is 84.2 Å². The van der Waals surface area contributed by atoms with Crippen LogP contribution in [0.4, 0.5) is 5.69 Å². The van der Waals surface area contributed by atoms with Gasteiger partial charge in [0.1, 0.15) is 0 Å². The Morgan fingerprint density at radius 1 is 1.32 bits per heavy atom. The fraction of sp³-hybridized carbons (Fsp3) is 0.385. The van der Waals surface area contributed by atoms with Crippen LogP contribution < -0.4 is 15.2 Å². The smallest absolute Gasteiger partial charge is 0.299 e. The highest BCUT2D eigenvalue weighted by Crippen LogP contribution is 2.14. The van der Waals surface area contributed by atoms with Gasteiger partial charge in [-0.1, -0.05) is 37.8 Å². The number of hydrogen-bond acceptors (Lipinski definition) is 3. The average molecular weight is 281 g/mol. The van der Waals surface area contributed by atoms with Gasteiger partial charge in [-0.25, -0.2) is 0 Å². The van der Waals surface area contributed by atoms with E-state index in [-0.39, 0.29) is 12.5 Å². The first-order valence-corrected chi connectivity index (χ1v) is 7.48. The number of para-hydroxylation sites is 1. The molecule has 0 fully saturated rings. The van der Waals surface area contributed by atoms with E-state index in [1.165, 1.54) is 0 Å². The van der Waals surface area contributed by atoms with Crippen LogP contribution in [-0.2, 0) is 10.2 Å². The molecular weight excluding hydrogens is 262 g/mol. The third-order valence-corrected chi connectivity index (χ3v) is 3.21. The molecule has 1 aromatic rings. The fourth-order valence-corrected chi connectivity index (χ4v) is 2.38. The summed E-state index contributed by atoms with van der Waals surface area (Å²) in [6.07, 6.45) is 0. The van der Waals surface area contributed by atoms with Crippen molar-refractivity contribution in [3.63, 3.8) is 0 Å². The molecule has 0 saturated carbocycles. The van der Waals surface area contributed by atoms with Crippen LogP contribution in [0.2, 0.25) is 0 Å². The van der Waals surface area contributed by atoms with Crippen LogP contribution in [0.1, 0.15) is 19.4 Å². The molecule has 5 nitrogen and oxygen atoms in total. The van der Waals surface area contributed by atoms with E-state index in [9.17, 15) is 8.42 Å². The molecule has 0 atom stereocenters. The van der Waals surface area contributed by atoms with Crippen LogP contribution in [0, 0.1) is 17.8 Å². The summed E-state index contributed by atoms with van der Waals surface area (Å²) in [7, 11) is -3.58. The zero-order valence-electron chi connectivity index (χ0n) is 11.1. The summed E-state index contributed by atoms with van der Waals surface area (Å²) in [6.45, 7) is 4.48. The third kappa shape index (κ3) is 5.75. The highest BCUT2D eigenvalue weighted by molar-refractivity contribution is 7.90. The van der Waals surface area contributed by atoms with Gasteiger partial charge in [-0.2, -0.15) is 13.1 Å². The van der Waals surface area contributed by atoms with Crippen molar-refractivity contribution in [3.8, 4) is 11.8 Å². The Kier molecular flexibility index (Phi) is 5.83. The van der Waals surface area contributed by atoms with Gasteiger partial charge in [-0.05, 0) is 18.1 Å². The third-order valence-electron chi connectivity index (χ3n) is 2.18. The molecule has 104 valence electrons.